The van der Waals surface area contributed by atoms with Gasteiger partial charge in [0.2, 0.25) is 0 Å². The van der Waals surface area contributed by atoms with Gasteiger partial charge in [-0.25, -0.2) is 9.98 Å². The summed E-state index contributed by atoms with van der Waals surface area (Å²) >= 11 is 0. The molecule has 1 aliphatic rings. The molecule has 2 heterocycles. The van der Waals surface area contributed by atoms with Crippen molar-refractivity contribution in [2.75, 3.05) is 26.2 Å². The fraction of sp³-hybridized carbons (Fsp3) is 0.565. The number of nitrogens with one attached hydrogen (secondary N) is 1. The van der Waals surface area contributed by atoms with Gasteiger partial charge in [-0.1, -0.05) is 38.1 Å². The number of rotatable bonds is 8. The van der Waals surface area contributed by atoms with Gasteiger partial charge in [0.05, 0.1) is 25.5 Å². The Morgan fingerprint density at radius 3 is 2.83 bits per heavy atom. The van der Waals surface area contributed by atoms with Gasteiger partial charge in [-0.05, 0) is 36.8 Å². The number of benzene rings is 1. The fourth-order valence-corrected chi connectivity index (χ4v) is 3.86. The van der Waals surface area contributed by atoms with Gasteiger partial charge in [-0.15, -0.1) is 0 Å². The summed E-state index contributed by atoms with van der Waals surface area (Å²) in [6.07, 6.45) is 8.05. The minimum absolute atomic E-state index is 0.421. The van der Waals surface area contributed by atoms with E-state index in [9.17, 15) is 0 Å². The van der Waals surface area contributed by atoms with E-state index in [0.717, 1.165) is 45.0 Å². The molecule has 1 fully saturated rings. The van der Waals surface area contributed by atoms with Crippen molar-refractivity contribution in [2.45, 2.75) is 52.8 Å². The van der Waals surface area contributed by atoms with Gasteiger partial charge in [0.1, 0.15) is 0 Å². The van der Waals surface area contributed by atoms with E-state index in [4.69, 9.17) is 9.73 Å². The van der Waals surface area contributed by atoms with E-state index >= 15 is 0 Å². The van der Waals surface area contributed by atoms with Crippen LogP contribution in [0.4, 0.5) is 0 Å². The van der Waals surface area contributed by atoms with Gasteiger partial charge in [0, 0.05) is 38.6 Å². The molecule has 6 heteroatoms. The van der Waals surface area contributed by atoms with Crippen LogP contribution < -0.4 is 5.32 Å². The minimum Gasteiger partial charge on any atom is -0.377 e. The second kappa shape index (κ2) is 11.0. The van der Waals surface area contributed by atoms with Crippen molar-refractivity contribution in [3.05, 3.63) is 54.1 Å². The molecule has 0 bridgehead atoms. The summed E-state index contributed by atoms with van der Waals surface area (Å²) in [6.45, 7) is 11.5. The van der Waals surface area contributed by atoms with Crippen LogP contribution in [0, 0.1) is 5.92 Å². The van der Waals surface area contributed by atoms with Crippen molar-refractivity contribution >= 4 is 5.96 Å². The van der Waals surface area contributed by atoms with Gasteiger partial charge in [0.15, 0.2) is 5.96 Å². The Kier molecular flexibility index (Phi) is 8.11. The molecule has 6 nitrogen and oxygen atoms in total. The van der Waals surface area contributed by atoms with Crippen LogP contribution in [0.2, 0.25) is 0 Å². The molecular weight excluding hydrogens is 362 g/mol. The third kappa shape index (κ3) is 5.82. The van der Waals surface area contributed by atoms with Gasteiger partial charge < -0.3 is 19.5 Å². The van der Waals surface area contributed by atoms with Crippen LogP contribution in [0.3, 0.4) is 0 Å². The topological polar surface area (TPSA) is 54.7 Å². The monoisotopic (exact) mass is 397 g/mol. The number of hydrogen-bond acceptors (Lipinski definition) is 3. The molecule has 1 saturated heterocycles. The highest BCUT2D eigenvalue weighted by molar-refractivity contribution is 5.80. The summed E-state index contributed by atoms with van der Waals surface area (Å²) in [7, 11) is 0. The highest BCUT2D eigenvalue weighted by Gasteiger charge is 2.28. The van der Waals surface area contributed by atoms with Crippen molar-refractivity contribution in [1.82, 2.24) is 19.8 Å². The molecule has 0 saturated carbocycles. The van der Waals surface area contributed by atoms with Crippen LogP contribution >= 0.6 is 0 Å². The number of aliphatic imine (C=N–C) groups is 1. The number of likely N-dealkylation sites (tertiary alicyclic amines) is 1. The van der Waals surface area contributed by atoms with Crippen molar-refractivity contribution in [3.63, 3.8) is 0 Å². The summed E-state index contributed by atoms with van der Waals surface area (Å²) in [6, 6.07) is 8.88. The van der Waals surface area contributed by atoms with Crippen molar-refractivity contribution < 1.29 is 4.74 Å². The quantitative estimate of drug-likeness (QED) is 0.417. The summed E-state index contributed by atoms with van der Waals surface area (Å²) in [5, 5.41) is 3.49. The minimum atomic E-state index is 0.421. The van der Waals surface area contributed by atoms with E-state index in [1.165, 1.54) is 11.1 Å². The van der Waals surface area contributed by atoms with Crippen LogP contribution in [0.15, 0.2) is 48.0 Å². The highest BCUT2D eigenvalue weighted by atomic mass is 16.5. The maximum Gasteiger partial charge on any atom is 0.194 e. The van der Waals surface area contributed by atoms with Gasteiger partial charge in [-0.3, -0.25) is 0 Å². The lowest BCUT2D eigenvalue weighted by Crippen LogP contribution is -2.49. The molecule has 0 amide bonds. The smallest absolute Gasteiger partial charge is 0.194 e. The zero-order chi connectivity index (χ0) is 20.5. The maximum absolute atomic E-state index is 5.76. The first-order chi connectivity index (χ1) is 14.2. The number of piperidine rings is 1. The number of aromatic nitrogens is 2. The molecule has 2 aromatic rings. The Hall–Kier alpha value is -2.34. The number of imidazole rings is 1. The lowest BCUT2D eigenvalue weighted by molar-refractivity contribution is 0.121. The largest absolute Gasteiger partial charge is 0.377 e. The maximum atomic E-state index is 5.76. The van der Waals surface area contributed by atoms with E-state index in [2.05, 4.69) is 71.0 Å². The number of nitrogens with zero attached hydrogens (tertiary/aromatic N) is 4. The lowest BCUT2D eigenvalue weighted by atomic mass is 9.93. The molecule has 1 aromatic heterocycles. The second-order valence-electron chi connectivity index (χ2n) is 7.78. The molecule has 29 heavy (non-hydrogen) atoms. The molecule has 0 spiro atoms. The molecular formula is C23H35N5O. The van der Waals surface area contributed by atoms with Crippen molar-refractivity contribution in [2.24, 2.45) is 10.9 Å². The molecule has 2 atom stereocenters. The lowest BCUT2D eigenvalue weighted by Gasteiger charge is -2.39. The first-order valence-corrected chi connectivity index (χ1v) is 10.9. The zero-order valence-corrected chi connectivity index (χ0v) is 18.1. The first kappa shape index (κ1) is 21.4. The average Bonchev–Trinajstić information content (AvgIpc) is 3.27. The van der Waals surface area contributed by atoms with Crippen LogP contribution in [0.25, 0.3) is 0 Å². The van der Waals surface area contributed by atoms with Crippen LogP contribution in [0.1, 0.15) is 50.8 Å². The summed E-state index contributed by atoms with van der Waals surface area (Å²) in [4.78, 5) is 11.6. The Morgan fingerprint density at radius 1 is 1.28 bits per heavy atom. The standard InChI is InChI=1S/C23H35N5O/c1-4-14-29-17-21-9-7-6-8-20(21)15-26-23(25-5-2)27-12-10-19(3)22(16-27)28-13-11-24-18-28/h6-9,11,13,18-19,22H,4-5,10,12,14-17H2,1-3H3,(H,25,26). The first-order valence-electron chi connectivity index (χ1n) is 10.9. The Balaban J connectivity index is 1.72. The van der Waals surface area contributed by atoms with Crippen LogP contribution in [0.5, 0.6) is 0 Å². The van der Waals surface area contributed by atoms with Crippen LogP contribution in [-0.2, 0) is 17.9 Å². The highest BCUT2D eigenvalue weighted by Crippen LogP contribution is 2.27. The molecule has 3 rings (SSSR count). The number of hydrogen-bond donors (Lipinski definition) is 1. The van der Waals surface area contributed by atoms with E-state index in [1.54, 1.807) is 0 Å². The fourth-order valence-electron chi connectivity index (χ4n) is 3.86. The predicted molar refractivity (Wildman–Crippen MR) is 118 cm³/mol. The van der Waals surface area contributed by atoms with Crippen LogP contribution in [-0.4, -0.2) is 46.7 Å². The third-order valence-electron chi connectivity index (χ3n) is 5.58. The normalized spacial score (nSPS) is 20.1. The molecule has 0 aliphatic carbocycles. The molecule has 1 aliphatic heterocycles. The van der Waals surface area contributed by atoms with Crippen molar-refractivity contribution in [1.29, 1.82) is 0 Å². The van der Waals surface area contributed by atoms with E-state index in [1.807, 2.05) is 12.5 Å². The molecule has 1 N–H and O–H groups in total. The van der Waals surface area contributed by atoms with Gasteiger partial charge in [-0.2, -0.15) is 0 Å². The molecule has 1 aromatic carbocycles. The molecule has 158 valence electrons. The Bertz CT molecular complexity index is 758. The third-order valence-corrected chi connectivity index (χ3v) is 5.58. The second-order valence-corrected chi connectivity index (χ2v) is 7.78. The van der Waals surface area contributed by atoms with Gasteiger partial charge >= 0.3 is 0 Å². The zero-order valence-electron chi connectivity index (χ0n) is 18.1. The Morgan fingerprint density at radius 2 is 2.10 bits per heavy atom. The number of guanidine groups is 1. The number of ether oxygens (including phenoxy) is 1. The van der Waals surface area contributed by atoms with Gasteiger partial charge in [0.25, 0.3) is 0 Å². The summed E-state index contributed by atoms with van der Waals surface area (Å²) < 4.78 is 8.00. The predicted octanol–water partition coefficient (Wildman–Crippen LogP) is 3.86. The molecule has 2 unspecified atom stereocenters. The molecule has 0 radical (unpaired) electrons. The SMILES string of the molecule is CCCOCc1ccccc1CN=C(NCC)N1CCC(C)C(n2ccnc2)C1. The van der Waals surface area contributed by atoms with E-state index < -0.39 is 0 Å². The van der Waals surface area contributed by atoms with E-state index in [0.29, 0.717) is 25.1 Å². The summed E-state index contributed by atoms with van der Waals surface area (Å²) in [5.74, 6) is 1.62. The van der Waals surface area contributed by atoms with Crippen molar-refractivity contribution in [3.8, 4) is 0 Å². The van der Waals surface area contributed by atoms with E-state index in [-0.39, 0.29) is 0 Å². The summed E-state index contributed by atoms with van der Waals surface area (Å²) in [5.41, 5.74) is 2.46. The average molecular weight is 398 g/mol. The Labute approximate surface area is 175 Å².